The number of esters is 1. The quantitative estimate of drug-likeness (QED) is 0.620. The lowest BCUT2D eigenvalue weighted by molar-refractivity contribution is -0.138. The van der Waals surface area contributed by atoms with Crippen molar-refractivity contribution in [3.05, 3.63) is 24.0 Å². The van der Waals surface area contributed by atoms with E-state index < -0.39 is 11.6 Å². The number of aromatic hydroxyl groups is 1. The smallest absolute Gasteiger partial charge is 0.314 e. The van der Waals surface area contributed by atoms with Gasteiger partial charge in [-0.15, -0.1) is 0 Å². The van der Waals surface area contributed by atoms with Crippen molar-refractivity contribution in [2.45, 2.75) is 25.7 Å². The molecular formula is C12H13FO3. The Morgan fingerprint density at radius 3 is 2.75 bits per heavy atom. The molecule has 16 heavy (non-hydrogen) atoms. The molecule has 2 rings (SSSR count). The maximum absolute atomic E-state index is 13.0. The van der Waals surface area contributed by atoms with E-state index in [1.807, 2.05) is 0 Å². The van der Waals surface area contributed by atoms with Crippen molar-refractivity contribution in [1.82, 2.24) is 0 Å². The molecule has 1 fully saturated rings. The second-order valence-corrected chi connectivity index (χ2v) is 3.99. The predicted octanol–water partition coefficient (Wildman–Crippen LogP) is 2.63. The van der Waals surface area contributed by atoms with Crippen LogP contribution in [0.25, 0.3) is 0 Å². The second-order valence-electron chi connectivity index (χ2n) is 3.99. The fraction of sp³-hybridized carbons (Fsp3) is 0.417. The molecule has 0 aromatic heterocycles. The highest BCUT2D eigenvalue weighted by molar-refractivity contribution is 5.76. The fourth-order valence-electron chi connectivity index (χ4n) is 1.93. The minimum absolute atomic E-state index is 0.100. The van der Waals surface area contributed by atoms with Gasteiger partial charge in [0.1, 0.15) is 0 Å². The van der Waals surface area contributed by atoms with E-state index in [1.54, 1.807) is 0 Å². The molecule has 0 saturated heterocycles. The van der Waals surface area contributed by atoms with Gasteiger partial charge in [-0.2, -0.15) is 0 Å². The SMILES string of the molecule is O=C(Oc1cccc(F)c1O)C1CCCC1. The molecule has 1 aliphatic carbocycles. The molecular weight excluding hydrogens is 211 g/mol. The zero-order valence-electron chi connectivity index (χ0n) is 8.78. The highest BCUT2D eigenvalue weighted by atomic mass is 19.1. The zero-order chi connectivity index (χ0) is 11.5. The van der Waals surface area contributed by atoms with Gasteiger partial charge in [0.15, 0.2) is 17.3 Å². The van der Waals surface area contributed by atoms with Crippen LogP contribution in [-0.2, 0) is 4.79 Å². The largest absolute Gasteiger partial charge is 0.502 e. The summed E-state index contributed by atoms with van der Waals surface area (Å²) in [6, 6.07) is 3.89. The molecule has 0 unspecified atom stereocenters. The number of halogens is 1. The standard InChI is InChI=1S/C12H13FO3/c13-9-6-3-7-10(11(9)14)16-12(15)8-4-1-2-5-8/h3,6-8,14H,1-2,4-5H2. The van der Waals surface area contributed by atoms with Crippen LogP contribution in [0, 0.1) is 11.7 Å². The van der Waals surface area contributed by atoms with Crippen molar-refractivity contribution in [2.75, 3.05) is 0 Å². The Balaban J connectivity index is 2.08. The number of rotatable bonds is 2. The number of carbonyl (C=O) groups excluding carboxylic acids is 1. The summed E-state index contributed by atoms with van der Waals surface area (Å²) in [4.78, 5) is 11.6. The van der Waals surface area contributed by atoms with Crippen LogP contribution in [0.2, 0.25) is 0 Å². The van der Waals surface area contributed by atoms with Gasteiger partial charge in [-0.05, 0) is 25.0 Å². The van der Waals surface area contributed by atoms with Crippen LogP contribution in [0.3, 0.4) is 0 Å². The molecule has 0 atom stereocenters. The summed E-state index contributed by atoms with van der Waals surface area (Å²) >= 11 is 0. The first-order valence-electron chi connectivity index (χ1n) is 5.37. The third-order valence-corrected chi connectivity index (χ3v) is 2.85. The Bertz CT molecular complexity index is 397. The minimum Gasteiger partial charge on any atom is -0.502 e. The molecule has 0 radical (unpaired) electrons. The maximum atomic E-state index is 13.0. The van der Waals surface area contributed by atoms with E-state index in [1.165, 1.54) is 12.1 Å². The summed E-state index contributed by atoms with van der Waals surface area (Å²) in [6.45, 7) is 0. The molecule has 0 heterocycles. The van der Waals surface area contributed by atoms with Gasteiger partial charge in [0.05, 0.1) is 5.92 Å². The van der Waals surface area contributed by atoms with Gasteiger partial charge in [0, 0.05) is 0 Å². The van der Waals surface area contributed by atoms with Gasteiger partial charge in [-0.3, -0.25) is 4.79 Å². The predicted molar refractivity (Wildman–Crippen MR) is 55.7 cm³/mol. The van der Waals surface area contributed by atoms with Crippen LogP contribution in [0.5, 0.6) is 11.5 Å². The van der Waals surface area contributed by atoms with Crippen LogP contribution in [-0.4, -0.2) is 11.1 Å². The van der Waals surface area contributed by atoms with Gasteiger partial charge >= 0.3 is 5.97 Å². The topological polar surface area (TPSA) is 46.5 Å². The Kier molecular flexibility index (Phi) is 3.08. The number of benzene rings is 1. The van der Waals surface area contributed by atoms with Crippen molar-refractivity contribution < 1.29 is 19.0 Å². The lowest BCUT2D eigenvalue weighted by atomic mass is 10.1. The maximum Gasteiger partial charge on any atom is 0.314 e. The highest BCUT2D eigenvalue weighted by Crippen LogP contribution is 2.31. The Morgan fingerprint density at radius 1 is 1.38 bits per heavy atom. The van der Waals surface area contributed by atoms with Crippen molar-refractivity contribution in [3.63, 3.8) is 0 Å². The molecule has 4 heteroatoms. The number of carbonyl (C=O) groups is 1. The third-order valence-electron chi connectivity index (χ3n) is 2.85. The Hall–Kier alpha value is -1.58. The lowest BCUT2D eigenvalue weighted by Crippen LogP contribution is -2.17. The molecule has 3 nitrogen and oxygen atoms in total. The summed E-state index contributed by atoms with van der Waals surface area (Å²) in [5.41, 5.74) is 0. The highest BCUT2D eigenvalue weighted by Gasteiger charge is 2.25. The zero-order valence-corrected chi connectivity index (χ0v) is 8.78. The number of ether oxygens (including phenoxy) is 1. The van der Waals surface area contributed by atoms with E-state index >= 15 is 0 Å². The van der Waals surface area contributed by atoms with Crippen LogP contribution < -0.4 is 4.74 Å². The molecule has 86 valence electrons. The van der Waals surface area contributed by atoms with E-state index in [0.717, 1.165) is 31.7 Å². The molecule has 0 bridgehead atoms. The van der Waals surface area contributed by atoms with E-state index in [-0.39, 0.29) is 17.6 Å². The number of para-hydroxylation sites is 1. The summed E-state index contributed by atoms with van der Waals surface area (Å²) in [6.07, 6.45) is 3.67. The first-order chi connectivity index (χ1) is 7.68. The molecule has 1 saturated carbocycles. The second kappa shape index (κ2) is 4.51. The van der Waals surface area contributed by atoms with E-state index in [9.17, 15) is 14.3 Å². The van der Waals surface area contributed by atoms with Gasteiger partial charge in [0.2, 0.25) is 0 Å². The van der Waals surface area contributed by atoms with Gasteiger partial charge < -0.3 is 9.84 Å². The summed E-state index contributed by atoms with van der Waals surface area (Å²) in [5.74, 6) is -1.97. The average Bonchev–Trinajstić information content (AvgIpc) is 2.78. The molecule has 0 aliphatic heterocycles. The summed E-state index contributed by atoms with van der Waals surface area (Å²) in [7, 11) is 0. The van der Waals surface area contributed by atoms with Crippen LogP contribution >= 0.6 is 0 Å². The number of phenols is 1. The average molecular weight is 224 g/mol. The van der Waals surface area contributed by atoms with Crippen molar-refractivity contribution in [1.29, 1.82) is 0 Å². The molecule has 0 amide bonds. The minimum atomic E-state index is -0.781. The van der Waals surface area contributed by atoms with Gasteiger partial charge in [-0.25, -0.2) is 4.39 Å². The van der Waals surface area contributed by atoms with Crippen LogP contribution in [0.1, 0.15) is 25.7 Å². The Labute approximate surface area is 92.9 Å². The molecule has 1 N–H and O–H groups in total. The fourth-order valence-corrected chi connectivity index (χ4v) is 1.93. The Morgan fingerprint density at radius 2 is 2.06 bits per heavy atom. The number of hydrogen-bond acceptors (Lipinski definition) is 3. The normalized spacial score (nSPS) is 16.3. The van der Waals surface area contributed by atoms with E-state index in [2.05, 4.69) is 0 Å². The summed E-state index contributed by atoms with van der Waals surface area (Å²) < 4.78 is 17.9. The van der Waals surface area contributed by atoms with Crippen molar-refractivity contribution in [2.24, 2.45) is 5.92 Å². The van der Waals surface area contributed by atoms with Gasteiger partial charge in [0.25, 0.3) is 0 Å². The monoisotopic (exact) mass is 224 g/mol. The van der Waals surface area contributed by atoms with Crippen molar-refractivity contribution in [3.8, 4) is 11.5 Å². The number of hydrogen-bond donors (Lipinski definition) is 1. The molecule has 1 aromatic carbocycles. The van der Waals surface area contributed by atoms with Crippen molar-refractivity contribution >= 4 is 5.97 Å². The van der Waals surface area contributed by atoms with Crippen LogP contribution in [0.15, 0.2) is 18.2 Å². The van der Waals surface area contributed by atoms with E-state index in [0.29, 0.717) is 0 Å². The molecule has 1 aromatic rings. The molecule has 1 aliphatic rings. The van der Waals surface area contributed by atoms with Gasteiger partial charge in [-0.1, -0.05) is 18.9 Å². The third kappa shape index (κ3) is 2.15. The summed E-state index contributed by atoms with van der Waals surface area (Å²) in [5, 5.41) is 9.34. The first-order valence-corrected chi connectivity index (χ1v) is 5.37. The first kappa shape index (κ1) is 10.9. The lowest BCUT2D eigenvalue weighted by Gasteiger charge is -2.10. The van der Waals surface area contributed by atoms with Crippen LogP contribution in [0.4, 0.5) is 4.39 Å². The van der Waals surface area contributed by atoms with E-state index in [4.69, 9.17) is 4.74 Å². The molecule has 0 spiro atoms. The number of phenolic OH excluding ortho intramolecular Hbond substituents is 1.